The van der Waals surface area contributed by atoms with Gasteiger partial charge in [0, 0.05) is 22.4 Å². The van der Waals surface area contributed by atoms with Gasteiger partial charge in [0.25, 0.3) is 0 Å². The highest BCUT2D eigenvalue weighted by atomic mass is 35.5. The Morgan fingerprint density at radius 3 is 2.27 bits per heavy atom. The van der Waals surface area contributed by atoms with Crippen LogP contribution >= 0.6 is 11.6 Å². The first-order chi connectivity index (χ1) is 12.7. The Bertz CT molecular complexity index is 1150. The van der Waals surface area contributed by atoms with Crippen LogP contribution in [0.1, 0.15) is 5.56 Å². The van der Waals surface area contributed by atoms with Crippen LogP contribution in [0.4, 0.5) is 0 Å². The largest absolute Gasteiger partial charge is 0.256 e. The highest BCUT2D eigenvalue weighted by molar-refractivity contribution is 6.30. The SMILES string of the molecule is Cc1cc2ccc3ccccc3c2nc1Cl.c1ccc2ncccc2c1. The Morgan fingerprint density at radius 1 is 0.731 bits per heavy atom. The van der Waals surface area contributed by atoms with Crippen LogP contribution in [0.25, 0.3) is 32.6 Å². The maximum absolute atomic E-state index is 6.08. The number of hydrogen-bond acceptors (Lipinski definition) is 2. The maximum Gasteiger partial charge on any atom is 0.132 e. The first-order valence-corrected chi connectivity index (χ1v) is 8.84. The van der Waals surface area contributed by atoms with Crippen molar-refractivity contribution < 1.29 is 0 Å². The average molecular weight is 357 g/mol. The average Bonchev–Trinajstić information content (AvgIpc) is 2.70. The number of pyridine rings is 2. The second-order valence-electron chi connectivity index (χ2n) is 6.15. The summed E-state index contributed by atoms with van der Waals surface area (Å²) in [5, 5.41) is 5.28. The summed E-state index contributed by atoms with van der Waals surface area (Å²) in [7, 11) is 0. The molecule has 26 heavy (non-hydrogen) atoms. The van der Waals surface area contributed by atoms with Gasteiger partial charge < -0.3 is 0 Å². The van der Waals surface area contributed by atoms with Crippen molar-refractivity contribution in [2.45, 2.75) is 6.92 Å². The lowest BCUT2D eigenvalue weighted by atomic mass is 10.1. The number of aryl methyl sites for hydroxylation is 1. The Balaban J connectivity index is 0.000000144. The molecule has 0 bridgehead atoms. The van der Waals surface area contributed by atoms with Crippen molar-refractivity contribution >= 4 is 44.2 Å². The number of nitrogens with zero attached hydrogens (tertiary/aromatic N) is 2. The lowest BCUT2D eigenvalue weighted by molar-refractivity contribution is 1.34. The number of hydrogen-bond donors (Lipinski definition) is 0. The predicted molar refractivity (Wildman–Crippen MR) is 111 cm³/mol. The van der Waals surface area contributed by atoms with E-state index in [2.05, 4.69) is 52.4 Å². The quantitative estimate of drug-likeness (QED) is 0.231. The highest BCUT2D eigenvalue weighted by Gasteiger charge is 2.04. The van der Waals surface area contributed by atoms with Crippen molar-refractivity contribution in [3.05, 3.63) is 95.8 Å². The molecule has 126 valence electrons. The van der Waals surface area contributed by atoms with Crippen molar-refractivity contribution in [3.63, 3.8) is 0 Å². The van der Waals surface area contributed by atoms with Gasteiger partial charge in [-0.25, -0.2) is 4.98 Å². The fourth-order valence-electron chi connectivity index (χ4n) is 3.01. The highest BCUT2D eigenvalue weighted by Crippen LogP contribution is 2.26. The monoisotopic (exact) mass is 356 g/mol. The van der Waals surface area contributed by atoms with E-state index in [1.807, 2.05) is 49.5 Å². The van der Waals surface area contributed by atoms with Gasteiger partial charge in [-0.1, -0.05) is 72.3 Å². The molecule has 5 rings (SSSR count). The van der Waals surface area contributed by atoms with Crippen molar-refractivity contribution in [3.8, 4) is 0 Å². The molecule has 0 spiro atoms. The van der Waals surface area contributed by atoms with Crippen LogP contribution in [0.2, 0.25) is 5.15 Å². The Labute approximate surface area is 157 Å². The molecule has 5 aromatic rings. The summed E-state index contributed by atoms with van der Waals surface area (Å²) < 4.78 is 0. The third kappa shape index (κ3) is 3.24. The zero-order valence-electron chi connectivity index (χ0n) is 14.4. The molecule has 0 aliphatic carbocycles. The van der Waals surface area contributed by atoms with E-state index in [9.17, 15) is 0 Å². The first-order valence-electron chi connectivity index (χ1n) is 8.47. The van der Waals surface area contributed by atoms with Crippen molar-refractivity contribution in [1.29, 1.82) is 0 Å². The molecule has 0 fully saturated rings. The summed E-state index contributed by atoms with van der Waals surface area (Å²) in [6.45, 7) is 1.98. The smallest absolute Gasteiger partial charge is 0.132 e. The van der Waals surface area contributed by atoms with Crippen molar-refractivity contribution in [2.24, 2.45) is 0 Å². The van der Waals surface area contributed by atoms with E-state index >= 15 is 0 Å². The molecule has 0 aliphatic heterocycles. The van der Waals surface area contributed by atoms with Crippen molar-refractivity contribution in [2.75, 3.05) is 0 Å². The summed E-state index contributed by atoms with van der Waals surface area (Å²) in [5.74, 6) is 0. The number of para-hydroxylation sites is 1. The minimum Gasteiger partial charge on any atom is -0.256 e. The summed E-state index contributed by atoms with van der Waals surface area (Å²) in [4.78, 5) is 8.65. The summed E-state index contributed by atoms with van der Waals surface area (Å²) in [6.07, 6.45) is 1.81. The van der Waals surface area contributed by atoms with Crippen LogP contribution in [0, 0.1) is 6.92 Å². The van der Waals surface area contributed by atoms with E-state index in [0.717, 1.165) is 27.4 Å². The molecule has 3 aromatic carbocycles. The molecule has 2 aromatic heterocycles. The van der Waals surface area contributed by atoms with Crippen LogP contribution in [0.15, 0.2) is 85.1 Å². The number of benzene rings is 3. The van der Waals surface area contributed by atoms with Crippen molar-refractivity contribution in [1.82, 2.24) is 9.97 Å². The van der Waals surface area contributed by atoms with Gasteiger partial charge in [0.1, 0.15) is 5.15 Å². The molecule has 0 unspecified atom stereocenters. The summed E-state index contributed by atoms with van der Waals surface area (Å²) >= 11 is 6.08. The predicted octanol–water partition coefficient (Wildman–Crippen LogP) is 6.58. The van der Waals surface area contributed by atoms with Crippen LogP contribution in [0.5, 0.6) is 0 Å². The maximum atomic E-state index is 6.08. The Hall–Kier alpha value is -2.97. The molecule has 0 saturated heterocycles. The van der Waals surface area contributed by atoms with Gasteiger partial charge in [-0.05, 0) is 36.1 Å². The van der Waals surface area contributed by atoms with Gasteiger partial charge >= 0.3 is 0 Å². The minimum atomic E-state index is 0.587. The van der Waals surface area contributed by atoms with Gasteiger partial charge in [0.2, 0.25) is 0 Å². The van der Waals surface area contributed by atoms with E-state index in [-0.39, 0.29) is 0 Å². The van der Waals surface area contributed by atoms with Gasteiger partial charge in [-0.2, -0.15) is 0 Å². The normalized spacial score (nSPS) is 10.7. The Kier molecular flexibility index (Phi) is 4.51. The zero-order chi connectivity index (χ0) is 17.9. The molecular formula is C23H17ClN2. The van der Waals surface area contributed by atoms with Crippen LogP contribution in [-0.2, 0) is 0 Å². The van der Waals surface area contributed by atoms with E-state index in [0.29, 0.717) is 5.15 Å². The van der Waals surface area contributed by atoms with E-state index in [1.54, 1.807) is 0 Å². The molecule has 0 radical (unpaired) electrons. The van der Waals surface area contributed by atoms with Crippen LogP contribution in [-0.4, -0.2) is 9.97 Å². The van der Waals surface area contributed by atoms with Gasteiger partial charge in [-0.15, -0.1) is 0 Å². The number of rotatable bonds is 0. The fourth-order valence-corrected chi connectivity index (χ4v) is 3.15. The molecule has 2 heterocycles. The Morgan fingerprint density at radius 2 is 1.42 bits per heavy atom. The minimum absolute atomic E-state index is 0.587. The van der Waals surface area contributed by atoms with Crippen LogP contribution < -0.4 is 0 Å². The lowest BCUT2D eigenvalue weighted by Gasteiger charge is -2.05. The molecular weight excluding hydrogens is 340 g/mol. The molecule has 0 atom stereocenters. The molecule has 0 saturated carbocycles. The lowest BCUT2D eigenvalue weighted by Crippen LogP contribution is -1.85. The third-order valence-corrected chi connectivity index (χ3v) is 4.73. The number of halogens is 1. The van der Waals surface area contributed by atoms with E-state index in [4.69, 9.17) is 11.6 Å². The summed E-state index contributed by atoms with van der Waals surface area (Å²) in [5.41, 5.74) is 3.06. The van der Waals surface area contributed by atoms with E-state index < -0.39 is 0 Å². The second-order valence-corrected chi connectivity index (χ2v) is 6.51. The molecule has 0 N–H and O–H groups in total. The standard InChI is InChI=1S/C14H10ClN.C9H7N/c1-9-8-11-7-6-10-4-2-3-5-12(10)13(11)16-14(9)15;1-2-6-9-8(4-1)5-3-7-10-9/h2-8H,1H3;1-7H. The van der Waals surface area contributed by atoms with E-state index in [1.165, 1.54) is 10.8 Å². The molecule has 0 amide bonds. The van der Waals surface area contributed by atoms with Gasteiger partial charge in [-0.3, -0.25) is 4.98 Å². The molecule has 0 aliphatic rings. The van der Waals surface area contributed by atoms with Gasteiger partial charge in [0.05, 0.1) is 11.0 Å². The van der Waals surface area contributed by atoms with Crippen LogP contribution in [0.3, 0.4) is 0 Å². The topological polar surface area (TPSA) is 25.8 Å². The first kappa shape index (κ1) is 16.5. The summed E-state index contributed by atoms with van der Waals surface area (Å²) in [6, 6.07) is 26.6. The zero-order valence-corrected chi connectivity index (χ0v) is 15.1. The number of aromatic nitrogens is 2. The fraction of sp³-hybridized carbons (Fsp3) is 0.0435. The molecule has 2 nitrogen and oxygen atoms in total. The van der Waals surface area contributed by atoms with Gasteiger partial charge in [0.15, 0.2) is 0 Å². The second kappa shape index (κ2) is 7.11. The molecule has 3 heteroatoms. The third-order valence-electron chi connectivity index (χ3n) is 4.35. The number of fused-ring (bicyclic) bond motifs is 4.